The highest BCUT2D eigenvalue weighted by atomic mass is 15.1. The van der Waals surface area contributed by atoms with Crippen LogP contribution < -0.4 is 4.90 Å². The number of nitrogens with zero attached hydrogens (tertiary/aromatic N) is 1. The van der Waals surface area contributed by atoms with Crippen molar-refractivity contribution >= 4 is 17.1 Å². The Hall–Kier alpha value is -4.10. The van der Waals surface area contributed by atoms with Crippen molar-refractivity contribution in [3.8, 4) is 22.3 Å². The summed E-state index contributed by atoms with van der Waals surface area (Å²) < 4.78 is 0. The molecule has 0 unspecified atom stereocenters. The molecule has 0 heterocycles. The Kier molecular flexibility index (Phi) is 5.32. The summed E-state index contributed by atoms with van der Waals surface area (Å²) in [5.74, 6) is 0. The number of anilines is 3. The van der Waals surface area contributed by atoms with E-state index in [-0.39, 0.29) is 0 Å². The molecule has 0 N–H and O–H groups in total. The van der Waals surface area contributed by atoms with Crippen molar-refractivity contribution in [3.63, 3.8) is 0 Å². The minimum absolute atomic E-state index is 1.14. The van der Waals surface area contributed by atoms with Gasteiger partial charge in [0.25, 0.3) is 0 Å². The fourth-order valence-electron chi connectivity index (χ4n) is 3.89. The van der Waals surface area contributed by atoms with Crippen molar-refractivity contribution in [2.24, 2.45) is 0 Å². The Bertz CT molecular complexity index is 1140. The summed E-state index contributed by atoms with van der Waals surface area (Å²) in [6.07, 6.45) is 0. The van der Waals surface area contributed by atoms with Crippen LogP contribution in [0.2, 0.25) is 0 Å². The largest absolute Gasteiger partial charge is 0.311 e. The van der Waals surface area contributed by atoms with Gasteiger partial charge in [0.15, 0.2) is 0 Å². The average Bonchev–Trinajstić information content (AvgIpc) is 2.87. The highest BCUT2D eigenvalue weighted by Crippen LogP contribution is 2.36. The zero-order valence-electron chi connectivity index (χ0n) is 17.2. The maximum Gasteiger partial charge on any atom is 0.0462 e. The first-order chi connectivity index (χ1) is 15.4. The molecule has 0 saturated heterocycles. The standard InChI is InChI=1S/C30H23N/c1-4-10-24(11-5-1)26-16-20-29(21-17-26)31(28-14-8-3-9-15-28)30-22-18-27(19-23-30)25-12-6-2-7-13-25/h1-23H. The van der Waals surface area contributed by atoms with Gasteiger partial charge in [-0.3, -0.25) is 0 Å². The second-order valence-corrected chi connectivity index (χ2v) is 7.50. The van der Waals surface area contributed by atoms with Gasteiger partial charge in [0.2, 0.25) is 0 Å². The van der Waals surface area contributed by atoms with Crippen LogP contribution in [0.1, 0.15) is 0 Å². The summed E-state index contributed by atoms with van der Waals surface area (Å²) in [6.45, 7) is 0. The van der Waals surface area contributed by atoms with E-state index in [9.17, 15) is 0 Å². The first-order valence-corrected chi connectivity index (χ1v) is 10.5. The van der Waals surface area contributed by atoms with Gasteiger partial charge in [0, 0.05) is 17.1 Å². The predicted octanol–water partition coefficient (Wildman–Crippen LogP) is 8.49. The van der Waals surface area contributed by atoms with E-state index in [1.165, 1.54) is 22.3 Å². The molecular weight excluding hydrogens is 374 g/mol. The predicted molar refractivity (Wildman–Crippen MR) is 132 cm³/mol. The van der Waals surface area contributed by atoms with E-state index >= 15 is 0 Å². The van der Waals surface area contributed by atoms with Crippen LogP contribution in [-0.4, -0.2) is 0 Å². The van der Waals surface area contributed by atoms with E-state index in [1.54, 1.807) is 0 Å². The summed E-state index contributed by atoms with van der Waals surface area (Å²) in [5, 5.41) is 0. The summed E-state index contributed by atoms with van der Waals surface area (Å²) in [7, 11) is 0. The Labute approximate surface area is 183 Å². The van der Waals surface area contributed by atoms with Crippen LogP contribution in [0.5, 0.6) is 0 Å². The molecular formula is C30H23N. The van der Waals surface area contributed by atoms with Crippen molar-refractivity contribution in [2.45, 2.75) is 0 Å². The number of para-hydroxylation sites is 1. The molecule has 1 nitrogen and oxygen atoms in total. The monoisotopic (exact) mass is 397 g/mol. The van der Waals surface area contributed by atoms with Crippen molar-refractivity contribution in [1.82, 2.24) is 0 Å². The van der Waals surface area contributed by atoms with Crippen molar-refractivity contribution in [1.29, 1.82) is 0 Å². The van der Waals surface area contributed by atoms with Gasteiger partial charge in [-0.05, 0) is 58.7 Å². The Morgan fingerprint density at radius 1 is 0.258 bits per heavy atom. The molecule has 0 fully saturated rings. The molecule has 5 rings (SSSR count). The normalized spacial score (nSPS) is 10.6. The molecule has 1 heteroatoms. The highest BCUT2D eigenvalue weighted by Gasteiger charge is 2.12. The Morgan fingerprint density at radius 2 is 0.548 bits per heavy atom. The first-order valence-electron chi connectivity index (χ1n) is 10.5. The maximum absolute atomic E-state index is 2.30. The van der Waals surface area contributed by atoms with E-state index in [1.807, 2.05) is 12.1 Å². The summed E-state index contributed by atoms with van der Waals surface area (Å²) >= 11 is 0. The van der Waals surface area contributed by atoms with Gasteiger partial charge >= 0.3 is 0 Å². The molecule has 0 atom stereocenters. The van der Waals surface area contributed by atoms with Crippen molar-refractivity contribution in [2.75, 3.05) is 4.90 Å². The Balaban J connectivity index is 1.52. The lowest BCUT2D eigenvalue weighted by Crippen LogP contribution is -2.09. The Morgan fingerprint density at radius 3 is 0.935 bits per heavy atom. The van der Waals surface area contributed by atoms with Gasteiger partial charge in [0.1, 0.15) is 0 Å². The van der Waals surface area contributed by atoms with Gasteiger partial charge < -0.3 is 4.90 Å². The number of rotatable bonds is 5. The first kappa shape index (κ1) is 18.9. The number of hydrogen-bond acceptors (Lipinski definition) is 1. The summed E-state index contributed by atoms with van der Waals surface area (Å²) in [6, 6.07) is 49.1. The molecule has 0 aromatic heterocycles. The van der Waals surface area contributed by atoms with Gasteiger partial charge in [0.05, 0.1) is 0 Å². The molecule has 5 aromatic rings. The van der Waals surface area contributed by atoms with Crippen LogP contribution in [0.3, 0.4) is 0 Å². The average molecular weight is 398 g/mol. The lowest BCUT2D eigenvalue weighted by atomic mass is 10.0. The van der Waals surface area contributed by atoms with E-state index < -0.39 is 0 Å². The number of benzene rings is 5. The second-order valence-electron chi connectivity index (χ2n) is 7.50. The lowest BCUT2D eigenvalue weighted by molar-refractivity contribution is 1.28. The summed E-state index contributed by atoms with van der Waals surface area (Å²) in [5.41, 5.74) is 8.31. The van der Waals surface area contributed by atoms with Gasteiger partial charge in [-0.2, -0.15) is 0 Å². The van der Waals surface area contributed by atoms with Gasteiger partial charge in [-0.25, -0.2) is 0 Å². The fourth-order valence-corrected chi connectivity index (χ4v) is 3.89. The molecule has 0 bridgehead atoms. The van der Waals surface area contributed by atoms with Crippen LogP contribution in [0.25, 0.3) is 22.3 Å². The van der Waals surface area contributed by atoms with Crippen LogP contribution in [-0.2, 0) is 0 Å². The molecule has 0 aliphatic rings. The smallest absolute Gasteiger partial charge is 0.0462 e. The summed E-state index contributed by atoms with van der Waals surface area (Å²) in [4.78, 5) is 2.30. The molecule has 0 spiro atoms. The van der Waals surface area contributed by atoms with Crippen LogP contribution in [0.15, 0.2) is 140 Å². The van der Waals surface area contributed by atoms with E-state index in [2.05, 4.69) is 132 Å². The zero-order valence-corrected chi connectivity index (χ0v) is 17.2. The minimum atomic E-state index is 1.14. The zero-order chi connectivity index (χ0) is 20.9. The van der Waals surface area contributed by atoms with E-state index in [4.69, 9.17) is 0 Å². The van der Waals surface area contributed by atoms with Gasteiger partial charge in [-0.15, -0.1) is 0 Å². The third-order valence-electron chi connectivity index (χ3n) is 5.48. The molecule has 0 saturated carbocycles. The molecule has 0 radical (unpaired) electrons. The van der Waals surface area contributed by atoms with Crippen LogP contribution in [0, 0.1) is 0 Å². The molecule has 31 heavy (non-hydrogen) atoms. The van der Waals surface area contributed by atoms with Gasteiger partial charge in [-0.1, -0.05) is 103 Å². The van der Waals surface area contributed by atoms with E-state index in [0.717, 1.165) is 17.1 Å². The molecule has 0 aliphatic heterocycles. The molecule has 0 amide bonds. The fraction of sp³-hybridized carbons (Fsp3) is 0. The number of hydrogen-bond donors (Lipinski definition) is 0. The lowest BCUT2D eigenvalue weighted by Gasteiger charge is -2.26. The van der Waals surface area contributed by atoms with Crippen LogP contribution in [0.4, 0.5) is 17.1 Å². The molecule has 0 aliphatic carbocycles. The second kappa shape index (κ2) is 8.73. The third-order valence-corrected chi connectivity index (χ3v) is 5.48. The van der Waals surface area contributed by atoms with Crippen molar-refractivity contribution in [3.05, 3.63) is 140 Å². The van der Waals surface area contributed by atoms with Crippen molar-refractivity contribution < 1.29 is 0 Å². The quantitative estimate of drug-likeness (QED) is 0.287. The maximum atomic E-state index is 2.30. The molecule has 148 valence electrons. The van der Waals surface area contributed by atoms with E-state index in [0.29, 0.717) is 0 Å². The van der Waals surface area contributed by atoms with Crippen LogP contribution >= 0.6 is 0 Å². The molecule has 5 aromatic carbocycles. The highest BCUT2D eigenvalue weighted by molar-refractivity contribution is 5.79. The minimum Gasteiger partial charge on any atom is -0.311 e. The third kappa shape index (κ3) is 4.12. The SMILES string of the molecule is c1ccc(-c2ccc(N(c3ccccc3)c3ccc(-c4ccccc4)cc3)cc2)cc1. The topological polar surface area (TPSA) is 3.24 Å².